The molecular weight excluding hydrogens is 252 g/mol. The van der Waals surface area contributed by atoms with Gasteiger partial charge < -0.3 is 20.5 Å². The van der Waals surface area contributed by atoms with Gasteiger partial charge in [0.15, 0.2) is 0 Å². The van der Waals surface area contributed by atoms with Crippen LogP contribution in [0.4, 0.5) is 4.79 Å². The second-order valence-corrected chi connectivity index (χ2v) is 5.02. The molecule has 6 heteroatoms. The van der Waals surface area contributed by atoms with E-state index in [1.165, 1.54) is 11.3 Å². The molecule has 0 saturated heterocycles. The molecule has 0 aromatic carbocycles. The van der Waals surface area contributed by atoms with Gasteiger partial charge in [-0.1, -0.05) is 0 Å². The van der Waals surface area contributed by atoms with E-state index in [-0.39, 0.29) is 12.6 Å². The molecule has 3 N–H and O–H groups in total. The van der Waals surface area contributed by atoms with Crippen LogP contribution in [0.25, 0.3) is 0 Å². The van der Waals surface area contributed by atoms with E-state index in [2.05, 4.69) is 10.6 Å². The van der Waals surface area contributed by atoms with Gasteiger partial charge in [0.1, 0.15) is 5.60 Å². The van der Waals surface area contributed by atoms with Crippen LogP contribution in [0.1, 0.15) is 18.9 Å². The van der Waals surface area contributed by atoms with Gasteiger partial charge in [-0.25, -0.2) is 4.79 Å². The summed E-state index contributed by atoms with van der Waals surface area (Å²) in [5.74, 6) is 0. The summed E-state index contributed by atoms with van der Waals surface area (Å²) in [5.41, 5.74) is -0.226. The number of methoxy groups -OCH3 is 1. The second kappa shape index (κ2) is 7.35. The molecule has 0 aliphatic carbocycles. The molecule has 1 heterocycles. The van der Waals surface area contributed by atoms with Crippen LogP contribution < -0.4 is 10.6 Å². The zero-order valence-corrected chi connectivity index (χ0v) is 11.5. The molecule has 1 atom stereocenters. The number of amides is 2. The highest BCUT2D eigenvalue weighted by molar-refractivity contribution is 7.08. The van der Waals surface area contributed by atoms with Crippen molar-refractivity contribution in [3.63, 3.8) is 0 Å². The predicted molar refractivity (Wildman–Crippen MR) is 71.8 cm³/mol. The number of carbonyl (C=O) groups excluding carboxylic acids is 1. The largest absolute Gasteiger partial charge is 0.385 e. The standard InChI is InChI=1S/C12H20N2O3S/c1-12(16,10-4-7-18-8-10)9-14-11(15)13-5-3-6-17-2/h4,7-8,16H,3,5-6,9H2,1-2H3,(H2,13,14,15). The van der Waals surface area contributed by atoms with Gasteiger partial charge in [-0.3, -0.25) is 0 Å². The van der Waals surface area contributed by atoms with E-state index in [9.17, 15) is 9.90 Å². The average molecular weight is 272 g/mol. The Kier molecular flexibility index (Phi) is 6.11. The van der Waals surface area contributed by atoms with E-state index < -0.39 is 5.60 Å². The fourth-order valence-electron chi connectivity index (χ4n) is 1.41. The number of nitrogens with one attached hydrogen (secondary N) is 2. The Morgan fingerprint density at radius 1 is 1.56 bits per heavy atom. The van der Waals surface area contributed by atoms with Gasteiger partial charge in [0.2, 0.25) is 0 Å². The highest BCUT2D eigenvalue weighted by Crippen LogP contribution is 2.21. The molecule has 1 unspecified atom stereocenters. The topological polar surface area (TPSA) is 70.6 Å². The molecule has 2 amide bonds. The Balaban J connectivity index is 2.25. The Hall–Kier alpha value is -1.11. The number of hydrogen-bond acceptors (Lipinski definition) is 4. The van der Waals surface area contributed by atoms with Gasteiger partial charge in [0.05, 0.1) is 6.54 Å². The van der Waals surface area contributed by atoms with Crippen LogP contribution in [-0.2, 0) is 10.3 Å². The lowest BCUT2D eigenvalue weighted by Gasteiger charge is -2.22. The normalized spacial score (nSPS) is 13.9. The van der Waals surface area contributed by atoms with Crippen molar-refractivity contribution in [1.82, 2.24) is 10.6 Å². The van der Waals surface area contributed by atoms with Crippen LogP contribution in [0.5, 0.6) is 0 Å². The maximum atomic E-state index is 11.5. The van der Waals surface area contributed by atoms with Crippen molar-refractivity contribution < 1.29 is 14.6 Å². The fraction of sp³-hybridized carbons (Fsp3) is 0.583. The zero-order chi connectivity index (χ0) is 13.4. The monoisotopic (exact) mass is 272 g/mol. The minimum absolute atomic E-state index is 0.180. The third-order valence-corrected chi connectivity index (χ3v) is 3.23. The van der Waals surface area contributed by atoms with Crippen LogP contribution in [-0.4, -0.2) is 37.9 Å². The van der Waals surface area contributed by atoms with Crippen LogP contribution in [0.2, 0.25) is 0 Å². The van der Waals surface area contributed by atoms with Crippen molar-refractivity contribution in [3.8, 4) is 0 Å². The summed E-state index contributed by atoms with van der Waals surface area (Å²) in [5, 5.41) is 19.3. The minimum atomic E-state index is -1.04. The molecule has 0 saturated carbocycles. The molecule has 1 aromatic heterocycles. The number of ether oxygens (including phenoxy) is 1. The van der Waals surface area contributed by atoms with Crippen molar-refractivity contribution in [3.05, 3.63) is 22.4 Å². The van der Waals surface area contributed by atoms with Crippen molar-refractivity contribution in [2.24, 2.45) is 0 Å². The lowest BCUT2D eigenvalue weighted by atomic mass is 9.99. The number of hydrogen-bond donors (Lipinski definition) is 3. The maximum absolute atomic E-state index is 11.5. The quantitative estimate of drug-likeness (QED) is 0.655. The van der Waals surface area contributed by atoms with Crippen molar-refractivity contribution in [2.75, 3.05) is 26.8 Å². The molecule has 0 aliphatic heterocycles. The number of thiophene rings is 1. The highest BCUT2D eigenvalue weighted by Gasteiger charge is 2.23. The van der Waals surface area contributed by atoms with Crippen molar-refractivity contribution in [2.45, 2.75) is 18.9 Å². The zero-order valence-electron chi connectivity index (χ0n) is 10.7. The van der Waals surface area contributed by atoms with Gasteiger partial charge in [0, 0.05) is 20.3 Å². The summed E-state index contributed by atoms with van der Waals surface area (Å²) in [6.45, 7) is 3.03. The molecule has 5 nitrogen and oxygen atoms in total. The summed E-state index contributed by atoms with van der Waals surface area (Å²) in [6.07, 6.45) is 0.769. The first-order valence-electron chi connectivity index (χ1n) is 5.82. The molecule has 102 valence electrons. The van der Waals surface area contributed by atoms with E-state index >= 15 is 0 Å². The summed E-state index contributed by atoms with van der Waals surface area (Å²) in [6, 6.07) is 1.57. The van der Waals surface area contributed by atoms with Gasteiger partial charge in [-0.2, -0.15) is 11.3 Å². The second-order valence-electron chi connectivity index (χ2n) is 4.24. The first-order valence-corrected chi connectivity index (χ1v) is 6.76. The Morgan fingerprint density at radius 2 is 2.33 bits per heavy atom. The first-order chi connectivity index (χ1) is 8.56. The molecule has 1 rings (SSSR count). The lowest BCUT2D eigenvalue weighted by Crippen LogP contribution is -2.43. The van der Waals surface area contributed by atoms with Crippen LogP contribution in [0, 0.1) is 0 Å². The Morgan fingerprint density at radius 3 is 2.94 bits per heavy atom. The SMILES string of the molecule is COCCCNC(=O)NCC(C)(O)c1ccsc1. The van der Waals surface area contributed by atoms with Gasteiger partial charge in [-0.05, 0) is 35.7 Å². The molecule has 0 fully saturated rings. The summed E-state index contributed by atoms with van der Waals surface area (Å²) < 4.78 is 4.88. The number of urea groups is 1. The number of rotatable bonds is 7. The maximum Gasteiger partial charge on any atom is 0.314 e. The number of aliphatic hydroxyl groups is 1. The molecule has 0 aliphatic rings. The minimum Gasteiger partial charge on any atom is -0.385 e. The molecular formula is C12H20N2O3S. The van der Waals surface area contributed by atoms with E-state index in [0.29, 0.717) is 13.2 Å². The summed E-state index contributed by atoms with van der Waals surface area (Å²) >= 11 is 1.52. The van der Waals surface area contributed by atoms with Gasteiger partial charge >= 0.3 is 6.03 Å². The molecule has 0 spiro atoms. The van der Waals surface area contributed by atoms with E-state index in [1.54, 1.807) is 14.0 Å². The Bertz CT molecular complexity index is 352. The van der Waals surface area contributed by atoms with E-state index in [0.717, 1.165) is 12.0 Å². The highest BCUT2D eigenvalue weighted by atomic mass is 32.1. The smallest absolute Gasteiger partial charge is 0.314 e. The van der Waals surface area contributed by atoms with Crippen molar-refractivity contribution >= 4 is 17.4 Å². The predicted octanol–water partition coefficient (Wildman–Crippen LogP) is 1.29. The third kappa shape index (κ3) is 5.03. The Labute approximate surface area is 111 Å². The van der Waals surface area contributed by atoms with Crippen molar-refractivity contribution in [1.29, 1.82) is 0 Å². The molecule has 0 radical (unpaired) electrons. The van der Waals surface area contributed by atoms with E-state index in [4.69, 9.17) is 4.74 Å². The van der Waals surface area contributed by atoms with Crippen LogP contribution in [0.3, 0.4) is 0 Å². The number of carbonyl (C=O) groups is 1. The van der Waals surface area contributed by atoms with Gasteiger partial charge in [0.25, 0.3) is 0 Å². The van der Waals surface area contributed by atoms with Crippen LogP contribution >= 0.6 is 11.3 Å². The molecule has 18 heavy (non-hydrogen) atoms. The molecule has 0 bridgehead atoms. The third-order valence-electron chi connectivity index (χ3n) is 2.55. The van der Waals surface area contributed by atoms with Crippen LogP contribution in [0.15, 0.2) is 16.8 Å². The molecule has 1 aromatic rings. The first kappa shape index (κ1) is 14.9. The van der Waals surface area contributed by atoms with Gasteiger partial charge in [-0.15, -0.1) is 0 Å². The fourth-order valence-corrected chi connectivity index (χ4v) is 2.19. The lowest BCUT2D eigenvalue weighted by molar-refractivity contribution is 0.0598. The van der Waals surface area contributed by atoms with E-state index in [1.807, 2.05) is 16.8 Å². The average Bonchev–Trinajstić information content (AvgIpc) is 2.87. The summed E-state index contributed by atoms with van der Waals surface area (Å²) in [4.78, 5) is 11.5. The summed E-state index contributed by atoms with van der Waals surface area (Å²) in [7, 11) is 1.62.